The summed E-state index contributed by atoms with van der Waals surface area (Å²) >= 11 is 0. The van der Waals surface area contributed by atoms with Crippen LogP contribution >= 0.6 is 0 Å². The smallest absolute Gasteiger partial charge is 0.145 e. The van der Waals surface area contributed by atoms with Gasteiger partial charge < -0.3 is 8.83 Å². The van der Waals surface area contributed by atoms with Gasteiger partial charge in [0.2, 0.25) is 0 Å². The van der Waals surface area contributed by atoms with Crippen molar-refractivity contribution in [2.75, 3.05) is 0 Å². The first-order chi connectivity index (χ1) is 7.95. The minimum absolute atomic E-state index is 0.901. The van der Waals surface area contributed by atoms with Crippen LogP contribution in [0.1, 0.15) is 0 Å². The zero-order chi connectivity index (χ0) is 10.5. The molecule has 0 aliphatic heterocycles. The molecule has 0 unspecified atom stereocenters. The van der Waals surface area contributed by atoms with Crippen molar-refractivity contribution >= 4 is 32.7 Å². The van der Waals surface area contributed by atoms with Gasteiger partial charge in [-0.15, -0.1) is 0 Å². The van der Waals surface area contributed by atoms with Gasteiger partial charge in [-0.05, 0) is 17.5 Å². The molecule has 0 spiro atoms. The van der Waals surface area contributed by atoms with Crippen LogP contribution in [0.5, 0.6) is 0 Å². The molecule has 2 heteroatoms. The number of benzene rings is 2. The Morgan fingerprint density at radius 1 is 0.562 bits per heavy atom. The van der Waals surface area contributed by atoms with Crippen molar-refractivity contribution in [3.05, 3.63) is 48.9 Å². The highest BCUT2D eigenvalue weighted by atomic mass is 16.3. The van der Waals surface area contributed by atoms with Crippen LogP contribution in [0.3, 0.4) is 0 Å². The fraction of sp³-hybridized carbons (Fsp3) is 0. The van der Waals surface area contributed by atoms with Crippen LogP contribution in [0.15, 0.2) is 57.8 Å². The van der Waals surface area contributed by atoms with Crippen LogP contribution in [0.25, 0.3) is 32.7 Å². The first-order valence-corrected chi connectivity index (χ1v) is 5.20. The SMILES string of the molecule is c1ccc2c(c1)c1ccoc1c1ccoc21. The lowest BCUT2D eigenvalue weighted by Crippen LogP contribution is -1.75. The highest BCUT2D eigenvalue weighted by molar-refractivity contribution is 6.21. The topological polar surface area (TPSA) is 26.3 Å². The third-order valence-corrected chi connectivity index (χ3v) is 3.04. The molecule has 2 aromatic carbocycles. The normalized spacial score (nSPS) is 11.8. The Morgan fingerprint density at radius 2 is 1.12 bits per heavy atom. The van der Waals surface area contributed by atoms with Gasteiger partial charge in [-0.1, -0.05) is 24.3 Å². The van der Waals surface area contributed by atoms with Gasteiger partial charge >= 0.3 is 0 Å². The second kappa shape index (κ2) is 2.67. The van der Waals surface area contributed by atoms with E-state index in [2.05, 4.69) is 12.1 Å². The van der Waals surface area contributed by atoms with Gasteiger partial charge in [0, 0.05) is 10.8 Å². The van der Waals surface area contributed by atoms with Crippen molar-refractivity contribution in [3.8, 4) is 0 Å². The quantitative estimate of drug-likeness (QED) is 0.430. The van der Waals surface area contributed by atoms with E-state index in [9.17, 15) is 0 Å². The molecule has 0 aliphatic rings. The molecule has 2 nitrogen and oxygen atoms in total. The molecule has 0 fully saturated rings. The average molecular weight is 208 g/mol. The molecule has 4 rings (SSSR count). The van der Waals surface area contributed by atoms with Gasteiger partial charge in [0.25, 0.3) is 0 Å². The molecule has 0 N–H and O–H groups in total. The van der Waals surface area contributed by atoms with Gasteiger partial charge in [-0.2, -0.15) is 0 Å². The summed E-state index contributed by atoms with van der Waals surface area (Å²) in [6.07, 6.45) is 3.43. The maximum Gasteiger partial charge on any atom is 0.145 e. The Kier molecular flexibility index (Phi) is 1.33. The molecule has 0 bridgehead atoms. The summed E-state index contributed by atoms with van der Waals surface area (Å²) in [4.78, 5) is 0. The molecule has 0 amide bonds. The molecule has 2 aromatic heterocycles. The van der Waals surface area contributed by atoms with E-state index in [-0.39, 0.29) is 0 Å². The molecule has 0 saturated carbocycles. The molecule has 4 aromatic rings. The first-order valence-electron chi connectivity index (χ1n) is 5.20. The summed E-state index contributed by atoms with van der Waals surface area (Å²) in [7, 11) is 0. The predicted molar refractivity (Wildman–Crippen MR) is 63.5 cm³/mol. The maximum absolute atomic E-state index is 5.55. The van der Waals surface area contributed by atoms with E-state index in [1.54, 1.807) is 12.5 Å². The van der Waals surface area contributed by atoms with E-state index in [1.807, 2.05) is 24.3 Å². The minimum atomic E-state index is 0.901. The summed E-state index contributed by atoms with van der Waals surface area (Å²) in [5, 5.41) is 4.49. The Hall–Kier alpha value is -2.22. The van der Waals surface area contributed by atoms with Crippen LogP contribution in [-0.4, -0.2) is 0 Å². The van der Waals surface area contributed by atoms with E-state index >= 15 is 0 Å². The Balaban J connectivity index is 2.51. The zero-order valence-corrected chi connectivity index (χ0v) is 8.44. The van der Waals surface area contributed by atoms with Crippen molar-refractivity contribution in [3.63, 3.8) is 0 Å². The van der Waals surface area contributed by atoms with Gasteiger partial charge in [-0.3, -0.25) is 0 Å². The lowest BCUT2D eigenvalue weighted by atomic mass is 10.0. The number of rotatable bonds is 0. The lowest BCUT2D eigenvalue weighted by Gasteiger charge is -2.00. The second-order valence-corrected chi connectivity index (χ2v) is 3.87. The molecule has 0 saturated heterocycles. The van der Waals surface area contributed by atoms with Crippen LogP contribution in [0.4, 0.5) is 0 Å². The fourth-order valence-electron chi connectivity index (χ4n) is 2.34. The standard InChI is InChI=1S/C14H8O2/c1-2-4-10-9(3-1)11-5-7-15-14(11)12-6-8-16-13(10)12/h1-8H. The molecular weight excluding hydrogens is 200 g/mol. The molecule has 0 radical (unpaired) electrons. The van der Waals surface area contributed by atoms with Crippen molar-refractivity contribution in [1.29, 1.82) is 0 Å². The van der Waals surface area contributed by atoms with E-state index in [0.29, 0.717) is 0 Å². The van der Waals surface area contributed by atoms with E-state index < -0.39 is 0 Å². The summed E-state index contributed by atoms with van der Waals surface area (Å²) in [6.45, 7) is 0. The minimum Gasteiger partial charge on any atom is -0.464 e. The highest BCUT2D eigenvalue weighted by Crippen LogP contribution is 2.35. The molecule has 0 aliphatic carbocycles. The number of hydrogen-bond donors (Lipinski definition) is 0. The van der Waals surface area contributed by atoms with Crippen molar-refractivity contribution in [1.82, 2.24) is 0 Å². The second-order valence-electron chi connectivity index (χ2n) is 3.87. The Labute approximate surface area is 91.1 Å². The van der Waals surface area contributed by atoms with Crippen LogP contribution in [0, 0.1) is 0 Å². The fourth-order valence-corrected chi connectivity index (χ4v) is 2.34. The van der Waals surface area contributed by atoms with Crippen LogP contribution in [-0.2, 0) is 0 Å². The van der Waals surface area contributed by atoms with E-state index in [0.717, 1.165) is 27.3 Å². The third kappa shape index (κ3) is 0.823. The molecule has 76 valence electrons. The third-order valence-electron chi connectivity index (χ3n) is 3.04. The van der Waals surface area contributed by atoms with Crippen molar-refractivity contribution in [2.45, 2.75) is 0 Å². The monoisotopic (exact) mass is 208 g/mol. The first kappa shape index (κ1) is 7.99. The van der Waals surface area contributed by atoms with E-state index in [1.165, 1.54) is 5.39 Å². The van der Waals surface area contributed by atoms with Gasteiger partial charge in [0.1, 0.15) is 11.2 Å². The summed E-state index contributed by atoms with van der Waals surface area (Å²) in [5.74, 6) is 0. The molecule has 16 heavy (non-hydrogen) atoms. The molecule has 0 atom stereocenters. The largest absolute Gasteiger partial charge is 0.464 e. The Bertz CT molecular complexity index is 736. The van der Waals surface area contributed by atoms with Gasteiger partial charge in [0.05, 0.1) is 17.9 Å². The Morgan fingerprint density at radius 3 is 1.88 bits per heavy atom. The number of furan rings is 2. The van der Waals surface area contributed by atoms with Crippen molar-refractivity contribution < 1.29 is 8.83 Å². The van der Waals surface area contributed by atoms with Crippen molar-refractivity contribution in [2.24, 2.45) is 0 Å². The van der Waals surface area contributed by atoms with Crippen LogP contribution < -0.4 is 0 Å². The highest BCUT2D eigenvalue weighted by Gasteiger charge is 2.11. The van der Waals surface area contributed by atoms with Gasteiger partial charge in [-0.25, -0.2) is 0 Å². The van der Waals surface area contributed by atoms with Crippen LogP contribution in [0.2, 0.25) is 0 Å². The summed E-state index contributed by atoms with van der Waals surface area (Å²) in [5.41, 5.74) is 1.81. The molecule has 2 heterocycles. The van der Waals surface area contributed by atoms with E-state index in [4.69, 9.17) is 8.83 Å². The number of hydrogen-bond acceptors (Lipinski definition) is 2. The zero-order valence-electron chi connectivity index (χ0n) is 8.44. The molecular formula is C14H8O2. The maximum atomic E-state index is 5.55. The summed E-state index contributed by atoms with van der Waals surface area (Å²) < 4.78 is 11.1. The lowest BCUT2D eigenvalue weighted by molar-refractivity contribution is 0.614. The van der Waals surface area contributed by atoms with Gasteiger partial charge in [0.15, 0.2) is 0 Å². The predicted octanol–water partition coefficient (Wildman–Crippen LogP) is 4.33. The number of fused-ring (bicyclic) bond motifs is 6. The summed E-state index contributed by atoms with van der Waals surface area (Å²) in [6, 6.07) is 12.2. The average Bonchev–Trinajstić information content (AvgIpc) is 2.98.